The molecule has 6 heteroatoms. The number of alkyl halides is 3. The Balaban J connectivity index is 2.28. The molecule has 3 aromatic rings. The molecule has 19 heavy (non-hydrogen) atoms. The number of halogens is 3. The fraction of sp³-hybridized carbons (Fsp3) is 0.0769. The summed E-state index contributed by atoms with van der Waals surface area (Å²) in [6.07, 6.45) is -1.77. The minimum atomic E-state index is -4.45. The van der Waals surface area contributed by atoms with Crippen molar-refractivity contribution in [3.8, 4) is 5.82 Å². The number of hydrogen-bond donors (Lipinski definition) is 0. The van der Waals surface area contributed by atoms with Gasteiger partial charge in [0.15, 0.2) is 5.82 Å². The van der Waals surface area contributed by atoms with Crippen LogP contribution in [-0.2, 0) is 6.18 Å². The van der Waals surface area contributed by atoms with Gasteiger partial charge >= 0.3 is 6.18 Å². The van der Waals surface area contributed by atoms with Crippen LogP contribution in [0.5, 0.6) is 0 Å². The standard InChI is InChI=1S/C13H8F3N3/c14-13(15,16)9-4-3-7-17-12(9)19-8-18-10-5-1-2-6-11(10)19/h1-8H. The third kappa shape index (κ3) is 1.95. The molecule has 0 aliphatic heterocycles. The van der Waals surface area contributed by atoms with Crippen molar-refractivity contribution in [2.24, 2.45) is 0 Å². The summed E-state index contributed by atoms with van der Waals surface area (Å²) < 4.78 is 40.2. The van der Waals surface area contributed by atoms with Gasteiger partial charge in [-0.2, -0.15) is 13.2 Å². The highest BCUT2D eigenvalue weighted by Crippen LogP contribution is 2.33. The molecule has 0 atom stereocenters. The zero-order chi connectivity index (χ0) is 13.5. The van der Waals surface area contributed by atoms with E-state index in [0.29, 0.717) is 11.0 Å². The molecule has 0 N–H and O–H groups in total. The summed E-state index contributed by atoms with van der Waals surface area (Å²) in [4.78, 5) is 7.91. The van der Waals surface area contributed by atoms with Crippen molar-refractivity contribution in [2.45, 2.75) is 6.18 Å². The highest BCUT2D eigenvalue weighted by atomic mass is 19.4. The fourth-order valence-electron chi connectivity index (χ4n) is 1.94. The molecular formula is C13H8F3N3. The zero-order valence-electron chi connectivity index (χ0n) is 9.59. The molecule has 0 unspecified atom stereocenters. The summed E-state index contributed by atoms with van der Waals surface area (Å²) in [7, 11) is 0. The minimum absolute atomic E-state index is 0.163. The quantitative estimate of drug-likeness (QED) is 0.673. The molecule has 3 nitrogen and oxygen atoms in total. The maximum Gasteiger partial charge on any atom is 0.419 e. The first kappa shape index (κ1) is 11.7. The SMILES string of the molecule is FC(F)(F)c1cccnc1-n1cnc2ccccc21. The summed E-state index contributed by atoms with van der Waals surface area (Å²) >= 11 is 0. The van der Waals surface area contributed by atoms with E-state index in [1.165, 1.54) is 23.2 Å². The van der Waals surface area contributed by atoms with Crippen molar-refractivity contribution in [3.05, 3.63) is 54.5 Å². The van der Waals surface area contributed by atoms with E-state index in [0.717, 1.165) is 6.07 Å². The predicted molar refractivity (Wildman–Crippen MR) is 63.9 cm³/mol. The second-order valence-corrected chi connectivity index (χ2v) is 3.98. The Hall–Kier alpha value is -2.37. The predicted octanol–water partition coefficient (Wildman–Crippen LogP) is 3.44. The van der Waals surface area contributed by atoms with Gasteiger partial charge in [-0.1, -0.05) is 12.1 Å². The molecule has 0 fully saturated rings. The summed E-state index contributed by atoms with van der Waals surface area (Å²) in [6.45, 7) is 0. The summed E-state index contributed by atoms with van der Waals surface area (Å²) in [5, 5.41) is 0. The molecule has 1 aromatic carbocycles. The van der Waals surface area contributed by atoms with Crippen molar-refractivity contribution in [1.82, 2.24) is 14.5 Å². The van der Waals surface area contributed by atoms with E-state index in [2.05, 4.69) is 9.97 Å². The maximum absolute atomic E-state index is 13.0. The first-order chi connectivity index (χ1) is 9.07. The van der Waals surface area contributed by atoms with Gasteiger partial charge in [0.1, 0.15) is 6.33 Å². The van der Waals surface area contributed by atoms with Gasteiger partial charge in [0.25, 0.3) is 0 Å². The Labute approximate surface area is 106 Å². The van der Waals surface area contributed by atoms with Crippen LogP contribution in [0.15, 0.2) is 48.9 Å². The van der Waals surface area contributed by atoms with E-state index in [9.17, 15) is 13.2 Å². The highest BCUT2D eigenvalue weighted by Gasteiger charge is 2.34. The molecule has 0 spiro atoms. The molecule has 2 heterocycles. The molecule has 0 radical (unpaired) electrons. The normalized spacial score (nSPS) is 11.9. The van der Waals surface area contributed by atoms with Gasteiger partial charge in [0.05, 0.1) is 16.6 Å². The van der Waals surface area contributed by atoms with Crippen LogP contribution in [0.1, 0.15) is 5.56 Å². The van der Waals surface area contributed by atoms with Gasteiger partial charge in [-0.25, -0.2) is 9.97 Å². The van der Waals surface area contributed by atoms with E-state index in [1.807, 2.05) is 0 Å². The lowest BCUT2D eigenvalue weighted by atomic mass is 10.2. The van der Waals surface area contributed by atoms with Gasteiger partial charge in [0, 0.05) is 6.20 Å². The van der Waals surface area contributed by atoms with E-state index in [-0.39, 0.29) is 5.82 Å². The van der Waals surface area contributed by atoms with Crippen molar-refractivity contribution in [1.29, 1.82) is 0 Å². The number of aromatic nitrogens is 3. The Morgan fingerprint density at radius 3 is 2.53 bits per heavy atom. The van der Waals surface area contributed by atoms with Crippen molar-refractivity contribution < 1.29 is 13.2 Å². The van der Waals surface area contributed by atoms with Crippen LogP contribution in [0.25, 0.3) is 16.9 Å². The molecule has 2 aromatic heterocycles. The molecule has 0 amide bonds. The molecule has 0 aliphatic carbocycles. The summed E-state index contributed by atoms with van der Waals surface area (Å²) in [6, 6.07) is 9.25. The number of benzene rings is 1. The molecule has 3 rings (SSSR count). The Morgan fingerprint density at radius 2 is 1.74 bits per heavy atom. The number of nitrogens with zero attached hydrogens (tertiary/aromatic N) is 3. The number of rotatable bonds is 1. The molecule has 0 saturated heterocycles. The van der Waals surface area contributed by atoms with E-state index in [1.54, 1.807) is 24.3 Å². The largest absolute Gasteiger partial charge is 0.419 e. The number of para-hydroxylation sites is 2. The third-order valence-electron chi connectivity index (χ3n) is 2.77. The first-order valence-electron chi connectivity index (χ1n) is 5.52. The van der Waals surface area contributed by atoms with Crippen LogP contribution in [0.3, 0.4) is 0 Å². The van der Waals surface area contributed by atoms with Crippen LogP contribution in [0.2, 0.25) is 0 Å². The Bertz CT molecular complexity index is 731. The monoisotopic (exact) mass is 263 g/mol. The average molecular weight is 263 g/mol. The van der Waals surface area contributed by atoms with Crippen molar-refractivity contribution in [2.75, 3.05) is 0 Å². The van der Waals surface area contributed by atoms with Crippen LogP contribution < -0.4 is 0 Å². The van der Waals surface area contributed by atoms with Crippen LogP contribution in [0.4, 0.5) is 13.2 Å². The van der Waals surface area contributed by atoms with Gasteiger partial charge in [-0.3, -0.25) is 4.57 Å². The zero-order valence-corrected chi connectivity index (χ0v) is 9.59. The topological polar surface area (TPSA) is 30.7 Å². The maximum atomic E-state index is 13.0. The van der Waals surface area contributed by atoms with Gasteiger partial charge in [-0.15, -0.1) is 0 Å². The highest BCUT2D eigenvalue weighted by molar-refractivity contribution is 5.77. The lowest BCUT2D eigenvalue weighted by Gasteiger charge is -2.12. The summed E-state index contributed by atoms with van der Waals surface area (Å²) in [5.41, 5.74) is 0.436. The Morgan fingerprint density at radius 1 is 0.947 bits per heavy atom. The van der Waals surface area contributed by atoms with Crippen molar-refractivity contribution in [3.63, 3.8) is 0 Å². The van der Waals surface area contributed by atoms with E-state index < -0.39 is 11.7 Å². The molecule has 0 saturated carbocycles. The summed E-state index contributed by atoms with van der Waals surface area (Å²) in [5.74, 6) is -0.163. The minimum Gasteiger partial charge on any atom is -0.282 e. The van der Waals surface area contributed by atoms with Gasteiger partial charge < -0.3 is 0 Å². The number of imidazole rings is 1. The van der Waals surface area contributed by atoms with Crippen LogP contribution >= 0.6 is 0 Å². The molecular weight excluding hydrogens is 255 g/mol. The molecule has 96 valence electrons. The second kappa shape index (κ2) is 4.08. The van der Waals surface area contributed by atoms with Crippen LogP contribution in [-0.4, -0.2) is 14.5 Å². The van der Waals surface area contributed by atoms with Crippen molar-refractivity contribution >= 4 is 11.0 Å². The molecule has 0 aliphatic rings. The van der Waals surface area contributed by atoms with Gasteiger partial charge in [-0.05, 0) is 24.3 Å². The van der Waals surface area contributed by atoms with E-state index >= 15 is 0 Å². The second-order valence-electron chi connectivity index (χ2n) is 3.98. The first-order valence-corrected chi connectivity index (χ1v) is 5.52. The van der Waals surface area contributed by atoms with E-state index in [4.69, 9.17) is 0 Å². The third-order valence-corrected chi connectivity index (χ3v) is 2.77. The lowest BCUT2D eigenvalue weighted by Crippen LogP contribution is -2.11. The smallest absolute Gasteiger partial charge is 0.282 e. The molecule has 0 bridgehead atoms. The van der Waals surface area contributed by atoms with Crippen LogP contribution in [0, 0.1) is 0 Å². The fourth-order valence-corrected chi connectivity index (χ4v) is 1.94. The Kier molecular flexibility index (Phi) is 2.51. The lowest BCUT2D eigenvalue weighted by molar-refractivity contribution is -0.137. The average Bonchev–Trinajstić information content (AvgIpc) is 2.81. The number of fused-ring (bicyclic) bond motifs is 1. The van der Waals surface area contributed by atoms with Gasteiger partial charge in [0.2, 0.25) is 0 Å². The number of pyridine rings is 1. The number of hydrogen-bond acceptors (Lipinski definition) is 2.